The average Bonchev–Trinajstić information content (AvgIpc) is 2.14. The topological polar surface area (TPSA) is 80.4 Å². The Hall–Kier alpha value is -2.10. The lowest BCUT2D eigenvalue weighted by molar-refractivity contribution is 0.0983. The molecule has 0 amide bonds. The first-order chi connectivity index (χ1) is 6.59. The summed E-state index contributed by atoms with van der Waals surface area (Å²) < 4.78 is 0. The molecular weight excluding hydrogens is 182 g/mol. The molecule has 0 atom stereocenters. The van der Waals surface area contributed by atoms with Gasteiger partial charge in [-0.25, -0.2) is 0 Å². The van der Waals surface area contributed by atoms with Crippen molar-refractivity contribution in [1.29, 1.82) is 0 Å². The lowest BCUT2D eigenvalue weighted by atomic mass is 9.93. The molecular formula is C10H7NO3. The molecule has 4 heteroatoms. The number of nitrogens with two attached hydrogens (primary N) is 1. The van der Waals surface area contributed by atoms with Crippen LogP contribution in [0.15, 0.2) is 30.0 Å². The Kier molecular flexibility index (Phi) is 1.64. The maximum Gasteiger partial charge on any atom is 0.209 e. The first-order valence-corrected chi connectivity index (χ1v) is 3.99. The van der Waals surface area contributed by atoms with Gasteiger partial charge in [-0.3, -0.25) is 9.59 Å². The molecule has 0 saturated heterocycles. The van der Waals surface area contributed by atoms with Crippen LogP contribution >= 0.6 is 0 Å². The molecule has 0 heterocycles. The minimum atomic E-state index is -0.375. The van der Waals surface area contributed by atoms with Gasteiger partial charge in [0.25, 0.3) is 0 Å². The Bertz CT molecular complexity index is 474. The average molecular weight is 189 g/mol. The van der Waals surface area contributed by atoms with Crippen LogP contribution in [0.2, 0.25) is 0 Å². The van der Waals surface area contributed by atoms with Gasteiger partial charge < -0.3 is 10.8 Å². The number of phenolic OH excluding ortho intramolecular Hbond substituents is 1. The molecule has 70 valence electrons. The van der Waals surface area contributed by atoms with Crippen LogP contribution in [0.25, 0.3) is 0 Å². The molecule has 0 radical (unpaired) electrons. The largest absolute Gasteiger partial charge is 0.508 e. The van der Waals surface area contributed by atoms with Crippen LogP contribution in [0.5, 0.6) is 5.75 Å². The number of benzene rings is 1. The van der Waals surface area contributed by atoms with Crippen molar-refractivity contribution in [3.63, 3.8) is 0 Å². The van der Waals surface area contributed by atoms with Crippen molar-refractivity contribution in [2.75, 3.05) is 0 Å². The summed E-state index contributed by atoms with van der Waals surface area (Å²) in [5, 5.41) is 9.14. The molecule has 0 aromatic heterocycles. The quantitative estimate of drug-likeness (QED) is 0.626. The van der Waals surface area contributed by atoms with Crippen LogP contribution in [0.4, 0.5) is 0 Å². The van der Waals surface area contributed by atoms with E-state index in [9.17, 15) is 9.59 Å². The first kappa shape index (κ1) is 8.50. The SMILES string of the molecule is NC1=CC(=O)c2cc(O)ccc2C1=O. The van der Waals surface area contributed by atoms with E-state index in [4.69, 9.17) is 10.8 Å². The number of rotatable bonds is 0. The fourth-order valence-electron chi connectivity index (χ4n) is 1.37. The number of carbonyl (C=O) groups excluding carboxylic acids is 2. The number of carbonyl (C=O) groups is 2. The third-order valence-corrected chi connectivity index (χ3v) is 2.06. The Morgan fingerprint density at radius 3 is 2.57 bits per heavy atom. The van der Waals surface area contributed by atoms with E-state index in [1.54, 1.807) is 0 Å². The monoisotopic (exact) mass is 189 g/mol. The van der Waals surface area contributed by atoms with Crippen LogP contribution in [0, 0.1) is 0 Å². The maximum atomic E-state index is 11.4. The number of allylic oxidation sites excluding steroid dienone is 2. The Morgan fingerprint density at radius 2 is 1.86 bits per heavy atom. The molecule has 2 rings (SSSR count). The normalized spacial score (nSPS) is 15.0. The highest BCUT2D eigenvalue weighted by Crippen LogP contribution is 2.22. The molecule has 1 aromatic rings. The van der Waals surface area contributed by atoms with Gasteiger partial charge in [0, 0.05) is 17.2 Å². The van der Waals surface area contributed by atoms with E-state index >= 15 is 0 Å². The highest BCUT2D eigenvalue weighted by atomic mass is 16.3. The highest BCUT2D eigenvalue weighted by Gasteiger charge is 2.23. The van der Waals surface area contributed by atoms with E-state index in [0.29, 0.717) is 0 Å². The van der Waals surface area contributed by atoms with Gasteiger partial charge in [-0.05, 0) is 18.2 Å². The van der Waals surface area contributed by atoms with E-state index in [1.165, 1.54) is 18.2 Å². The number of fused-ring (bicyclic) bond motifs is 1. The molecule has 4 nitrogen and oxygen atoms in total. The van der Waals surface area contributed by atoms with Gasteiger partial charge in [-0.2, -0.15) is 0 Å². The van der Waals surface area contributed by atoms with Crippen molar-refractivity contribution >= 4 is 11.6 Å². The molecule has 0 unspecified atom stereocenters. The van der Waals surface area contributed by atoms with Crippen LogP contribution in [0.1, 0.15) is 20.7 Å². The van der Waals surface area contributed by atoms with Gasteiger partial charge in [0.05, 0.1) is 5.70 Å². The lowest BCUT2D eigenvalue weighted by Crippen LogP contribution is -2.21. The number of phenols is 1. The Morgan fingerprint density at radius 1 is 1.14 bits per heavy atom. The molecule has 14 heavy (non-hydrogen) atoms. The number of Topliss-reactive ketones (excluding diaryl/α,β-unsaturated/α-hetero) is 1. The Balaban J connectivity index is 2.69. The molecule has 0 fully saturated rings. The standard InChI is InChI=1S/C10H7NO3/c11-8-4-9(13)7-3-5(12)1-2-6(7)10(8)14/h1-4,12H,11H2. The zero-order chi connectivity index (χ0) is 10.3. The van der Waals surface area contributed by atoms with Crippen molar-refractivity contribution < 1.29 is 14.7 Å². The van der Waals surface area contributed by atoms with E-state index in [0.717, 1.165) is 6.08 Å². The number of hydrogen-bond donors (Lipinski definition) is 2. The van der Waals surface area contributed by atoms with Gasteiger partial charge >= 0.3 is 0 Å². The predicted molar refractivity (Wildman–Crippen MR) is 49.0 cm³/mol. The number of hydrogen-bond acceptors (Lipinski definition) is 4. The summed E-state index contributed by atoms with van der Waals surface area (Å²) in [5.74, 6) is -0.772. The zero-order valence-electron chi connectivity index (χ0n) is 7.15. The zero-order valence-corrected chi connectivity index (χ0v) is 7.15. The van der Waals surface area contributed by atoms with Crippen molar-refractivity contribution in [2.45, 2.75) is 0 Å². The third kappa shape index (κ3) is 1.08. The maximum absolute atomic E-state index is 11.4. The number of aromatic hydroxyl groups is 1. The second-order valence-electron chi connectivity index (χ2n) is 3.02. The Labute approximate surface area is 79.7 Å². The molecule has 0 aliphatic heterocycles. The summed E-state index contributed by atoms with van der Waals surface area (Å²) in [5.41, 5.74) is 5.73. The third-order valence-electron chi connectivity index (χ3n) is 2.06. The van der Waals surface area contributed by atoms with Crippen molar-refractivity contribution in [3.8, 4) is 5.75 Å². The second-order valence-corrected chi connectivity index (χ2v) is 3.02. The van der Waals surface area contributed by atoms with Crippen LogP contribution in [-0.2, 0) is 0 Å². The van der Waals surface area contributed by atoms with E-state index in [1.807, 2.05) is 0 Å². The summed E-state index contributed by atoms with van der Waals surface area (Å²) >= 11 is 0. The fourth-order valence-corrected chi connectivity index (χ4v) is 1.37. The highest BCUT2D eigenvalue weighted by molar-refractivity contribution is 6.24. The molecule has 1 aliphatic carbocycles. The predicted octanol–water partition coefficient (Wildman–Crippen LogP) is 0.614. The number of ketones is 2. The molecule has 1 aliphatic rings. The van der Waals surface area contributed by atoms with E-state index in [-0.39, 0.29) is 34.1 Å². The fraction of sp³-hybridized carbons (Fsp3) is 0. The van der Waals surface area contributed by atoms with Crippen molar-refractivity contribution in [1.82, 2.24) is 0 Å². The molecule has 1 aromatic carbocycles. The molecule has 0 spiro atoms. The molecule has 0 bridgehead atoms. The summed E-state index contributed by atoms with van der Waals surface area (Å²) in [6.45, 7) is 0. The first-order valence-electron chi connectivity index (χ1n) is 3.99. The molecule has 3 N–H and O–H groups in total. The molecule has 0 saturated carbocycles. The summed E-state index contributed by atoms with van der Waals surface area (Å²) in [6.07, 6.45) is 1.07. The second kappa shape index (κ2) is 2.70. The van der Waals surface area contributed by atoms with E-state index in [2.05, 4.69) is 0 Å². The minimum absolute atomic E-state index is 0.0428. The van der Waals surface area contributed by atoms with Gasteiger partial charge in [0.15, 0.2) is 5.78 Å². The van der Waals surface area contributed by atoms with Crippen LogP contribution in [-0.4, -0.2) is 16.7 Å². The van der Waals surface area contributed by atoms with Gasteiger partial charge in [-0.15, -0.1) is 0 Å². The van der Waals surface area contributed by atoms with Gasteiger partial charge in [0.2, 0.25) is 5.78 Å². The summed E-state index contributed by atoms with van der Waals surface area (Å²) in [6, 6.07) is 4.01. The van der Waals surface area contributed by atoms with E-state index < -0.39 is 0 Å². The van der Waals surface area contributed by atoms with Crippen molar-refractivity contribution in [2.24, 2.45) is 5.73 Å². The van der Waals surface area contributed by atoms with Crippen molar-refractivity contribution in [3.05, 3.63) is 41.1 Å². The van der Waals surface area contributed by atoms with Gasteiger partial charge in [0.1, 0.15) is 5.75 Å². The van der Waals surface area contributed by atoms with Crippen LogP contribution < -0.4 is 5.73 Å². The van der Waals surface area contributed by atoms with Crippen LogP contribution in [0.3, 0.4) is 0 Å². The summed E-state index contributed by atoms with van der Waals surface area (Å²) in [7, 11) is 0. The summed E-state index contributed by atoms with van der Waals surface area (Å²) in [4.78, 5) is 22.8. The lowest BCUT2D eigenvalue weighted by Gasteiger charge is -2.11. The van der Waals surface area contributed by atoms with Gasteiger partial charge in [-0.1, -0.05) is 0 Å². The smallest absolute Gasteiger partial charge is 0.209 e. The minimum Gasteiger partial charge on any atom is -0.508 e.